The fraction of sp³-hybridized carbons (Fsp3) is 1.00. The molecule has 0 aromatic rings. The number of hydrogen-bond acceptors (Lipinski definition) is 3. The van der Waals surface area contributed by atoms with Gasteiger partial charge in [0.05, 0.1) is 12.4 Å². The highest BCUT2D eigenvalue weighted by atomic mass is 32.2. The van der Waals surface area contributed by atoms with Crippen molar-refractivity contribution in [3.63, 3.8) is 0 Å². The maximum Gasteiger partial charge on any atom is 0.209 e. The van der Waals surface area contributed by atoms with Gasteiger partial charge in [0.25, 0.3) is 0 Å². The molecule has 0 aromatic heterocycles. The average Bonchev–Trinajstić information content (AvgIpc) is 2.12. The van der Waals surface area contributed by atoms with E-state index < -0.39 is 10.0 Å². The van der Waals surface area contributed by atoms with Gasteiger partial charge in [0, 0.05) is 12.5 Å². The van der Waals surface area contributed by atoms with Crippen molar-refractivity contribution in [2.75, 3.05) is 19.0 Å². The Morgan fingerprint density at radius 3 is 2.24 bits per heavy atom. The van der Waals surface area contributed by atoms with Crippen molar-refractivity contribution >= 4 is 10.0 Å². The third-order valence-corrected chi connectivity index (χ3v) is 3.74. The molecule has 2 N–H and O–H groups in total. The van der Waals surface area contributed by atoms with E-state index in [1.165, 1.54) is 0 Å². The van der Waals surface area contributed by atoms with Crippen LogP contribution in [-0.4, -0.2) is 27.4 Å². The van der Waals surface area contributed by atoms with Crippen molar-refractivity contribution < 1.29 is 13.2 Å². The molecule has 1 unspecified atom stereocenters. The summed E-state index contributed by atoms with van der Waals surface area (Å²) in [7, 11) is -3.43. The van der Waals surface area contributed by atoms with Gasteiger partial charge in [0.1, 0.15) is 0 Å². The molecule has 0 spiro atoms. The molecule has 4 nitrogen and oxygen atoms in total. The van der Waals surface area contributed by atoms with Crippen LogP contribution in [0.5, 0.6) is 0 Å². The molecule has 0 bridgehead atoms. The second kappa shape index (κ2) is 7.34. The van der Waals surface area contributed by atoms with Gasteiger partial charge >= 0.3 is 0 Å². The predicted molar refractivity (Wildman–Crippen MR) is 71.3 cm³/mol. The molecule has 0 aliphatic carbocycles. The lowest BCUT2D eigenvalue weighted by Gasteiger charge is -2.29. The van der Waals surface area contributed by atoms with E-state index in [1.807, 2.05) is 20.8 Å². The van der Waals surface area contributed by atoms with Gasteiger partial charge in [-0.05, 0) is 11.8 Å². The number of ether oxygens (including phenoxy) is 1. The summed E-state index contributed by atoms with van der Waals surface area (Å²) < 4.78 is 27.8. The zero-order valence-electron chi connectivity index (χ0n) is 11.5. The molecule has 0 saturated carbocycles. The maximum atomic E-state index is 11.1. The Kier molecular flexibility index (Phi) is 7.28. The molecule has 0 fully saturated rings. The van der Waals surface area contributed by atoms with E-state index in [-0.39, 0.29) is 17.1 Å². The summed E-state index contributed by atoms with van der Waals surface area (Å²) in [4.78, 5) is 0. The number of nitrogens with two attached hydrogens (primary N) is 1. The average molecular weight is 265 g/mol. The Morgan fingerprint density at radius 1 is 1.24 bits per heavy atom. The molecule has 0 amide bonds. The zero-order chi connectivity index (χ0) is 13.5. The standard InChI is InChI=1S/C12H27NO3S/c1-5-6-7-8-16-9-11(12(2,3)4)10-17(13,14)15/h11H,5-10H2,1-4H3,(H2,13,14,15). The quantitative estimate of drug-likeness (QED) is 0.684. The van der Waals surface area contributed by atoms with Crippen LogP contribution in [0.3, 0.4) is 0 Å². The summed E-state index contributed by atoms with van der Waals surface area (Å²) >= 11 is 0. The monoisotopic (exact) mass is 265 g/mol. The molecule has 1 atom stereocenters. The van der Waals surface area contributed by atoms with Gasteiger partial charge in [-0.1, -0.05) is 40.5 Å². The van der Waals surface area contributed by atoms with Crippen molar-refractivity contribution in [2.24, 2.45) is 16.5 Å². The minimum absolute atomic E-state index is 0.00965. The molecule has 0 aromatic carbocycles. The minimum atomic E-state index is -3.43. The summed E-state index contributed by atoms with van der Waals surface area (Å²) in [6.07, 6.45) is 3.33. The number of hydrogen-bond donors (Lipinski definition) is 1. The Balaban J connectivity index is 4.14. The van der Waals surface area contributed by atoms with Crippen LogP contribution in [-0.2, 0) is 14.8 Å². The van der Waals surface area contributed by atoms with Gasteiger partial charge < -0.3 is 4.74 Å². The number of primary sulfonamides is 1. The van der Waals surface area contributed by atoms with Gasteiger partial charge in [0.2, 0.25) is 10.0 Å². The van der Waals surface area contributed by atoms with E-state index in [1.54, 1.807) is 0 Å². The molecule has 0 aliphatic heterocycles. The Bertz CT molecular complexity index is 293. The highest BCUT2D eigenvalue weighted by Gasteiger charge is 2.28. The first-order valence-corrected chi connectivity index (χ1v) is 7.96. The highest BCUT2D eigenvalue weighted by molar-refractivity contribution is 7.89. The van der Waals surface area contributed by atoms with Crippen LogP contribution in [0.2, 0.25) is 0 Å². The first-order chi connectivity index (χ1) is 7.67. The summed E-state index contributed by atoms with van der Waals surface area (Å²) in [6.45, 7) is 9.34. The van der Waals surface area contributed by atoms with E-state index >= 15 is 0 Å². The molecule has 0 aliphatic rings. The molecule has 0 saturated heterocycles. The van der Waals surface area contributed by atoms with Gasteiger partial charge in [-0.2, -0.15) is 0 Å². The lowest BCUT2D eigenvalue weighted by Crippen LogP contribution is -2.34. The van der Waals surface area contributed by atoms with Crippen molar-refractivity contribution in [3.8, 4) is 0 Å². The van der Waals surface area contributed by atoms with Crippen LogP contribution in [0.15, 0.2) is 0 Å². The number of sulfonamides is 1. The summed E-state index contributed by atoms with van der Waals surface area (Å²) in [5, 5.41) is 5.10. The van der Waals surface area contributed by atoms with E-state index in [0.717, 1.165) is 19.3 Å². The van der Waals surface area contributed by atoms with Crippen molar-refractivity contribution in [1.82, 2.24) is 0 Å². The van der Waals surface area contributed by atoms with Crippen LogP contribution in [0.4, 0.5) is 0 Å². The fourth-order valence-electron chi connectivity index (χ4n) is 1.51. The van der Waals surface area contributed by atoms with Crippen molar-refractivity contribution in [1.29, 1.82) is 0 Å². The summed E-state index contributed by atoms with van der Waals surface area (Å²) in [6, 6.07) is 0. The maximum absolute atomic E-state index is 11.1. The van der Waals surface area contributed by atoms with Crippen LogP contribution >= 0.6 is 0 Å². The summed E-state index contributed by atoms with van der Waals surface area (Å²) in [5.74, 6) is -0.0660. The van der Waals surface area contributed by atoms with Crippen molar-refractivity contribution in [2.45, 2.75) is 47.0 Å². The zero-order valence-corrected chi connectivity index (χ0v) is 12.3. The largest absolute Gasteiger partial charge is 0.381 e. The summed E-state index contributed by atoms with van der Waals surface area (Å²) in [5.41, 5.74) is -0.114. The van der Waals surface area contributed by atoms with E-state index in [2.05, 4.69) is 6.92 Å². The third-order valence-electron chi connectivity index (χ3n) is 2.87. The SMILES string of the molecule is CCCCCOCC(CS(N)(=O)=O)C(C)(C)C. The molecule has 17 heavy (non-hydrogen) atoms. The lowest BCUT2D eigenvalue weighted by molar-refractivity contribution is 0.0632. The predicted octanol–water partition coefficient (Wildman–Crippen LogP) is 2.14. The van der Waals surface area contributed by atoms with Gasteiger partial charge in [-0.15, -0.1) is 0 Å². The first-order valence-electron chi connectivity index (χ1n) is 6.25. The van der Waals surface area contributed by atoms with Gasteiger partial charge in [-0.3, -0.25) is 0 Å². The molecule has 0 heterocycles. The van der Waals surface area contributed by atoms with E-state index in [4.69, 9.17) is 9.88 Å². The van der Waals surface area contributed by atoms with Gasteiger partial charge in [0.15, 0.2) is 0 Å². The van der Waals surface area contributed by atoms with E-state index in [0.29, 0.717) is 13.2 Å². The normalized spacial score (nSPS) is 14.9. The van der Waals surface area contributed by atoms with Crippen molar-refractivity contribution in [3.05, 3.63) is 0 Å². The molecule has 0 radical (unpaired) electrons. The smallest absolute Gasteiger partial charge is 0.209 e. The molecule has 0 rings (SSSR count). The topological polar surface area (TPSA) is 69.4 Å². The Labute approximate surface area is 106 Å². The molecular formula is C12H27NO3S. The van der Waals surface area contributed by atoms with Gasteiger partial charge in [-0.25, -0.2) is 13.6 Å². The highest BCUT2D eigenvalue weighted by Crippen LogP contribution is 2.27. The second-order valence-corrected chi connectivity index (χ2v) is 7.33. The Morgan fingerprint density at radius 2 is 1.82 bits per heavy atom. The van der Waals surface area contributed by atoms with Crippen LogP contribution in [0.1, 0.15) is 47.0 Å². The fourth-order valence-corrected chi connectivity index (χ4v) is 2.67. The molecule has 104 valence electrons. The number of rotatable bonds is 8. The third kappa shape index (κ3) is 9.56. The lowest BCUT2D eigenvalue weighted by atomic mass is 9.82. The molecular weight excluding hydrogens is 238 g/mol. The first kappa shape index (κ1) is 16.9. The van der Waals surface area contributed by atoms with Crippen LogP contribution < -0.4 is 5.14 Å². The Hall–Kier alpha value is -0.130. The van der Waals surface area contributed by atoms with Crippen LogP contribution in [0, 0.1) is 11.3 Å². The van der Waals surface area contributed by atoms with E-state index in [9.17, 15) is 8.42 Å². The van der Waals surface area contributed by atoms with Crippen LogP contribution in [0.25, 0.3) is 0 Å². The second-order valence-electron chi connectivity index (χ2n) is 5.67. The number of unbranched alkanes of at least 4 members (excludes halogenated alkanes) is 2. The minimum Gasteiger partial charge on any atom is -0.381 e. The molecule has 5 heteroatoms.